The molecule has 5 heteroatoms. The molecular formula is C7H9N5. The average molecular weight is 163 g/mol. The maximum atomic E-state index is 7.22. The first-order valence-electron chi connectivity index (χ1n) is 3.54. The molecule has 0 amide bonds. The number of para-hydroxylation sites is 2. The van der Waals surface area contributed by atoms with E-state index in [0.29, 0.717) is 0 Å². The van der Waals surface area contributed by atoms with Crippen LogP contribution in [0.3, 0.4) is 0 Å². The molecule has 62 valence electrons. The first-order chi connectivity index (χ1) is 5.79. The molecule has 0 spiro atoms. The van der Waals surface area contributed by atoms with Crippen molar-refractivity contribution in [3.8, 4) is 0 Å². The Morgan fingerprint density at radius 3 is 2.92 bits per heavy atom. The minimum absolute atomic E-state index is 0.0348. The zero-order chi connectivity index (χ0) is 8.55. The van der Waals surface area contributed by atoms with E-state index < -0.39 is 0 Å². The first-order valence-corrected chi connectivity index (χ1v) is 3.54. The van der Waals surface area contributed by atoms with Crippen molar-refractivity contribution in [2.24, 2.45) is 5.73 Å². The summed E-state index contributed by atoms with van der Waals surface area (Å²) in [6.45, 7) is 0. The van der Waals surface area contributed by atoms with Gasteiger partial charge in [-0.1, -0.05) is 12.1 Å². The second-order valence-corrected chi connectivity index (χ2v) is 2.47. The highest BCUT2D eigenvalue weighted by atomic mass is 15.7. The van der Waals surface area contributed by atoms with Gasteiger partial charge in [0.25, 0.3) is 0 Å². The van der Waals surface area contributed by atoms with Crippen LogP contribution in [0.15, 0.2) is 24.3 Å². The highest BCUT2D eigenvalue weighted by Gasteiger charge is 2.18. The monoisotopic (exact) mass is 163 g/mol. The van der Waals surface area contributed by atoms with E-state index >= 15 is 0 Å². The van der Waals surface area contributed by atoms with Crippen LogP contribution in [0, 0.1) is 5.41 Å². The van der Waals surface area contributed by atoms with Crippen LogP contribution >= 0.6 is 0 Å². The van der Waals surface area contributed by atoms with Gasteiger partial charge in [0, 0.05) is 0 Å². The van der Waals surface area contributed by atoms with Gasteiger partial charge in [0.1, 0.15) is 0 Å². The third-order valence-electron chi connectivity index (χ3n) is 1.69. The smallest absolute Gasteiger partial charge is 0.209 e. The Labute approximate surface area is 69.6 Å². The number of hydrogen-bond acceptors (Lipinski definition) is 3. The number of nitrogens with two attached hydrogens (primary N) is 1. The van der Waals surface area contributed by atoms with Crippen molar-refractivity contribution in [3.05, 3.63) is 24.3 Å². The van der Waals surface area contributed by atoms with Gasteiger partial charge in [-0.3, -0.25) is 5.41 Å². The molecule has 2 rings (SSSR count). The number of hydrazine groups is 2. The molecular weight excluding hydrogens is 154 g/mol. The van der Waals surface area contributed by atoms with Gasteiger partial charge in [0.2, 0.25) is 5.96 Å². The summed E-state index contributed by atoms with van der Waals surface area (Å²) < 4.78 is 0. The number of benzene rings is 1. The molecule has 0 fully saturated rings. The molecule has 1 aliphatic heterocycles. The van der Waals surface area contributed by atoms with Gasteiger partial charge in [-0.25, -0.2) is 5.01 Å². The summed E-state index contributed by atoms with van der Waals surface area (Å²) in [6.07, 6.45) is 0. The van der Waals surface area contributed by atoms with E-state index in [-0.39, 0.29) is 5.96 Å². The van der Waals surface area contributed by atoms with E-state index in [2.05, 4.69) is 11.0 Å². The van der Waals surface area contributed by atoms with Crippen molar-refractivity contribution in [2.45, 2.75) is 0 Å². The third-order valence-corrected chi connectivity index (χ3v) is 1.69. The number of guanidine groups is 1. The van der Waals surface area contributed by atoms with Gasteiger partial charge < -0.3 is 11.2 Å². The van der Waals surface area contributed by atoms with Crippen molar-refractivity contribution in [2.75, 3.05) is 10.4 Å². The highest BCUT2D eigenvalue weighted by Crippen LogP contribution is 2.27. The van der Waals surface area contributed by atoms with Crippen LogP contribution in [-0.4, -0.2) is 5.96 Å². The largest absolute Gasteiger partial charge is 0.369 e. The Morgan fingerprint density at radius 2 is 2.17 bits per heavy atom. The fourth-order valence-electron chi connectivity index (χ4n) is 1.14. The van der Waals surface area contributed by atoms with E-state index in [9.17, 15) is 0 Å². The first kappa shape index (κ1) is 6.93. The van der Waals surface area contributed by atoms with E-state index in [1.54, 1.807) is 0 Å². The predicted octanol–water partition coefficient (Wildman–Crippen LogP) is 0.232. The average Bonchev–Trinajstić information content (AvgIpc) is 2.47. The fourth-order valence-corrected chi connectivity index (χ4v) is 1.14. The maximum Gasteiger partial charge on any atom is 0.209 e. The summed E-state index contributed by atoms with van der Waals surface area (Å²) in [7, 11) is 0. The summed E-state index contributed by atoms with van der Waals surface area (Å²) in [5, 5.41) is 8.69. The molecule has 0 saturated heterocycles. The molecule has 5 nitrogen and oxygen atoms in total. The van der Waals surface area contributed by atoms with E-state index in [1.807, 2.05) is 24.3 Å². The van der Waals surface area contributed by atoms with Crippen LogP contribution in [0.5, 0.6) is 0 Å². The van der Waals surface area contributed by atoms with Crippen LogP contribution in [0.4, 0.5) is 11.4 Å². The molecule has 0 aliphatic carbocycles. The summed E-state index contributed by atoms with van der Waals surface area (Å²) >= 11 is 0. The van der Waals surface area contributed by atoms with Crippen LogP contribution in [0.1, 0.15) is 0 Å². The van der Waals surface area contributed by atoms with Gasteiger partial charge in [0.15, 0.2) is 0 Å². The van der Waals surface area contributed by atoms with Crippen molar-refractivity contribution >= 4 is 17.3 Å². The second kappa shape index (κ2) is 2.38. The molecule has 12 heavy (non-hydrogen) atoms. The molecule has 1 aromatic rings. The molecule has 1 aliphatic rings. The molecule has 0 bridgehead atoms. The lowest BCUT2D eigenvalue weighted by Crippen LogP contribution is -2.44. The molecule has 0 unspecified atom stereocenters. The minimum Gasteiger partial charge on any atom is -0.369 e. The number of anilines is 2. The van der Waals surface area contributed by atoms with Crippen molar-refractivity contribution < 1.29 is 0 Å². The normalized spacial score (nSPS) is 13.8. The summed E-state index contributed by atoms with van der Waals surface area (Å²) in [4.78, 5) is 0. The minimum atomic E-state index is -0.0348. The molecule has 0 aromatic heterocycles. The Hall–Kier alpha value is -1.75. The summed E-state index contributed by atoms with van der Waals surface area (Å²) in [6, 6.07) is 7.59. The van der Waals surface area contributed by atoms with Gasteiger partial charge in [-0.2, -0.15) is 0 Å². The molecule has 0 saturated carbocycles. The second-order valence-electron chi connectivity index (χ2n) is 2.47. The zero-order valence-corrected chi connectivity index (χ0v) is 6.33. The quantitative estimate of drug-likeness (QED) is 0.326. The van der Waals surface area contributed by atoms with Crippen molar-refractivity contribution in [3.63, 3.8) is 0 Å². The number of rotatable bonds is 0. The van der Waals surface area contributed by atoms with E-state index in [4.69, 9.17) is 11.1 Å². The van der Waals surface area contributed by atoms with Gasteiger partial charge in [0.05, 0.1) is 11.4 Å². The summed E-state index contributed by atoms with van der Waals surface area (Å²) in [5.41, 5.74) is 12.8. The SMILES string of the molecule is N=C(N)N1NNc2ccccc21. The molecule has 0 atom stereocenters. The molecule has 5 N–H and O–H groups in total. The van der Waals surface area contributed by atoms with Crippen LogP contribution in [0.2, 0.25) is 0 Å². The number of nitrogens with zero attached hydrogens (tertiary/aromatic N) is 1. The zero-order valence-electron chi connectivity index (χ0n) is 6.33. The standard InChI is InChI=1S/C7H9N5/c8-7(9)12-6-4-2-1-3-5(6)10-11-12/h1-4,10-11H,(H3,8,9). The van der Waals surface area contributed by atoms with Crippen LogP contribution in [-0.2, 0) is 0 Å². The molecule has 0 radical (unpaired) electrons. The van der Waals surface area contributed by atoms with E-state index in [1.165, 1.54) is 5.01 Å². The lowest BCUT2D eigenvalue weighted by Gasteiger charge is -2.13. The topological polar surface area (TPSA) is 77.2 Å². The number of nitrogens with one attached hydrogen (secondary N) is 3. The Bertz CT molecular complexity index is 321. The Kier molecular flexibility index (Phi) is 1.38. The fraction of sp³-hybridized carbons (Fsp3) is 0. The number of fused-ring (bicyclic) bond motifs is 1. The summed E-state index contributed by atoms with van der Waals surface area (Å²) in [5.74, 6) is -0.0348. The Balaban J connectivity index is 2.42. The lowest BCUT2D eigenvalue weighted by molar-refractivity contribution is 0.875. The lowest BCUT2D eigenvalue weighted by atomic mass is 10.3. The van der Waals surface area contributed by atoms with Crippen LogP contribution in [0.25, 0.3) is 0 Å². The van der Waals surface area contributed by atoms with Crippen LogP contribution < -0.4 is 21.7 Å². The van der Waals surface area contributed by atoms with Crippen molar-refractivity contribution in [1.29, 1.82) is 5.41 Å². The molecule has 1 aromatic carbocycles. The Morgan fingerprint density at radius 1 is 1.42 bits per heavy atom. The van der Waals surface area contributed by atoms with Crippen molar-refractivity contribution in [1.82, 2.24) is 5.53 Å². The van der Waals surface area contributed by atoms with Gasteiger partial charge >= 0.3 is 0 Å². The number of hydrogen-bond donors (Lipinski definition) is 4. The maximum absolute atomic E-state index is 7.22. The third kappa shape index (κ3) is 0.876. The van der Waals surface area contributed by atoms with Gasteiger partial charge in [-0.05, 0) is 12.1 Å². The predicted molar refractivity (Wildman–Crippen MR) is 47.6 cm³/mol. The molecule has 1 heterocycles. The highest BCUT2D eigenvalue weighted by molar-refractivity contribution is 5.97. The van der Waals surface area contributed by atoms with E-state index in [0.717, 1.165) is 11.4 Å². The van der Waals surface area contributed by atoms with Gasteiger partial charge in [-0.15, -0.1) is 5.53 Å².